The van der Waals surface area contributed by atoms with Gasteiger partial charge in [0, 0.05) is 34.9 Å². The van der Waals surface area contributed by atoms with E-state index in [9.17, 15) is 5.11 Å². The molecule has 2 unspecified atom stereocenters. The van der Waals surface area contributed by atoms with Crippen LogP contribution in [0.15, 0.2) is 22.7 Å². The van der Waals surface area contributed by atoms with E-state index in [2.05, 4.69) is 25.7 Å². The SMILES string of the molecule is CN(C)CC1CC(O)CN1c1ccc(Br)cc1C(=N)N. The number of likely N-dealkylation sites (N-methyl/N-ethyl adjacent to an activating group) is 1. The summed E-state index contributed by atoms with van der Waals surface area (Å²) in [4.78, 5) is 4.27. The number of β-amino-alcohol motifs (C(OH)–C–C–N with tert-alkyl or cyclic N) is 1. The third kappa shape index (κ3) is 3.31. The number of hydrogen-bond acceptors (Lipinski definition) is 4. The summed E-state index contributed by atoms with van der Waals surface area (Å²) in [5, 5.41) is 17.7. The predicted octanol–water partition coefficient (Wildman–Crippen LogP) is 1.23. The Labute approximate surface area is 128 Å². The van der Waals surface area contributed by atoms with Gasteiger partial charge in [0.2, 0.25) is 0 Å². The first kappa shape index (κ1) is 15.3. The van der Waals surface area contributed by atoms with Crippen molar-refractivity contribution in [3.63, 3.8) is 0 Å². The van der Waals surface area contributed by atoms with E-state index in [1.54, 1.807) is 0 Å². The summed E-state index contributed by atoms with van der Waals surface area (Å²) in [5.41, 5.74) is 7.32. The van der Waals surface area contributed by atoms with Crippen molar-refractivity contribution >= 4 is 27.5 Å². The van der Waals surface area contributed by atoms with Crippen LogP contribution in [0.2, 0.25) is 0 Å². The van der Waals surface area contributed by atoms with Crippen molar-refractivity contribution in [2.75, 3.05) is 32.1 Å². The maximum Gasteiger partial charge on any atom is 0.124 e. The topological polar surface area (TPSA) is 76.6 Å². The van der Waals surface area contributed by atoms with Crippen LogP contribution in [0, 0.1) is 5.41 Å². The molecule has 1 fully saturated rings. The van der Waals surface area contributed by atoms with Crippen molar-refractivity contribution in [1.82, 2.24) is 4.90 Å². The quantitative estimate of drug-likeness (QED) is 0.569. The zero-order valence-electron chi connectivity index (χ0n) is 11.8. The van der Waals surface area contributed by atoms with E-state index in [-0.39, 0.29) is 18.0 Å². The minimum atomic E-state index is -0.330. The van der Waals surface area contributed by atoms with Gasteiger partial charge in [-0.3, -0.25) is 5.41 Å². The van der Waals surface area contributed by atoms with E-state index in [0.29, 0.717) is 12.1 Å². The molecule has 1 aromatic carbocycles. The molecule has 2 atom stereocenters. The number of aliphatic hydroxyl groups is 1. The Bertz CT molecular complexity index is 506. The molecule has 0 saturated carbocycles. The fourth-order valence-electron chi connectivity index (χ4n) is 2.76. The Balaban J connectivity index is 2.36. The molecule has 5 nitrogen and oxygen atoms in total. The normalized spacial score (nSPS) is 22.6. The predicted molar refractivity (Wildman–Crippen MR) is 85.5 cm³/mol. The highest BCUT2D eigenvalue weighted by Crippen LogP contribution is 2.31. The second-order valence-electron chi connectivity index (χ2n) is 5.53. The Hall–Kier alpha value is -1.11. The number of amidine groups is 1. The molecule has 1 aromatic rings. The number of nitrogens with zero attached hydrogens (tertiary/aromatic N) is 2. The zero-order valence-corrected chi connectivity index (χ0v) is 13.4. The van der Waals surface area contributed by atoms with Crippen molar-refractivity contribution in [2.24, 2.45) is 5.73 Å². The maximum atomic E-state index is 9.97. The molecule has 1 aliphatic heterocycles. The van der Waals surface area contributed by atoms with E-state index in [4.69, 9.17) is 11.1 Å². The van der Waals surface area contributed by atoms with Gasteiger partial charge in [0.15, 0.2) is 0 Å². The lowest BCUT2D eigenvalue weighted by Gasteiger charge is -2.30. The molecule has 1 heterocycles. The van der Waals surface area contributed by atoms with Crippen LogP contribution in [0.5, 0.6) is 0 Å². The zero-order chi connectivity index (χ0) is 14.9. The number of nitrogens with one attached hydrogen (secondary N) is 1. The maximum absolute atomic E-state index is 9.97. The number of hydrogen-bond donors (Lipinski definition) is 3. The van der Waals surface area contributed by atoms with Crippen molar-refractivity contribution in [1.29, 1.82) is 5.41 Å². The third-order valence-electron chi connectivity index (χ3n) is 3.53. The minimum absolute atomic E-state index is 0.0475. The molecule has 2 rings (SSSR count). The standard InChI is InChI=1S/C14H21BrN4O/c1-18(2)7-10-6-11(20)8-19(10)13-4-3-9(15)5-12(13)14(16)17/h3-5,10-11,20H,6-8H2,1-2H3,(H3,16,17). The highest BCUT2D eigenvalue weighted by atomic mass is 79.9. The summed E-state index contributed by atoms with van der Waals surface area (Å²) in [6.45, 7) is 1.45. The molecule has 20 heavy (non-hydrogen) atoms. The van der Waals surface area contributed by atoms with Gasteiger partial charge in [-0.25, -0.2) is 0 Å². The Kier molecular flexibility index (Phi) is 4.67. The highest BCUT2D eigenvalue weighted by Gasteiger charge is 2.32. The van der Waals surface area contributed by atoms with Crippen molar-refractivity contribution in [3.8, 4) is 0 Å². The van der Waals surface area contributed by atoms with Crippen LogP contribution >= 0.6 is 15.9 Å². The summed E-state index contributed by atoms with van der Waals surface area (Å²) in [6, 6.07) is 6.00. The fraction of sp³-hybridized carbons (Fsp3) is 0.500. The first-order chi connectivity index (χ1) is 9.38. The van der Waals surface area contributed by atoms with Crippen LogP contribution in [-0.4, -0.2) is 55.2 Å². The summed E-state index contributed by atoms with van der Waals surface area (Å²) >= 11 is 3.41. The molecule has 110 valence electrons. The minimum Gasteiger partial charge on any atom is -0.391 e. The first-order valence-electron chi connectivity index (χ1n) is 6.62. The smallest absolute Gasteiger partial charge is 0.124 e. The average Bonchev–Trinajstić information content (AvgIpc) is 2.69. The Morgan fingerprint density at radius 3 is 2.85 bits per heavy atom. The fourth-order valence-corrected chi connectivity index (χ4v) is 3.12. The summed E-state index contributed by atoms with van der Waals surface area (Å²) in [7, 11) is 4.05. The molecule has 0 radical (unpaired) electrons. The van der Waals surface area contributed by atoms with Crippen molar-refractivity contribution in [2.45, 2.75) is 18.6 Å². The molecule has 0 spiro atoms. The van der Waals surface area contributed by atoms with E-state index < -0.39 is 0 Å². The summed E-state index contributed by atoms with van der Waals surface area (Å²) in [5.74, 6) is 0.0475. The van der Waals surface area contributed by atoms with E-state index in [1.807, 2.05) is 32.3 Å². The number of nitrogens with two attached hydrogens (primary N) is 1. The lowest BCUT2D eigenvalue weighted by atomic mass is 10.1. The van der Waals surface area contributed by atoms with Gasteiger partial charge < -0.3 is 20.6 Å². The monoisotopic (exact) mass is 340 g/mol. The number of anilines is 1. The van der Waals surface area contributed by atoms with Gasteiger partial charge in [-0.05, 0) is 38.7 Å². The molecule has 1 saturated heterocycles. The van der Waals surface area contributed by atoms with Crippen LogP contribution in [0.1, 0.15) is 12.0 Å². The third-order valence-corrected chi connectivity index (χ3v) is 4.02. The van der Waals surface area contributed by atoms with Gasteiger partial charge in [0.05, 0.1) is 6.10 Å². The molecular formula is C14H21BrN4O. The first-order valence-corrected chi connectivity index (χ1v) is 7.41. The van der Waals surface area contributed by atoms with Gasteiger partial charge in [-0.15, -0.1) is 0 Å². The lowest BCUT2D eigenvalue weighted by molar-refractivity contribution is 0.191. The van der Waals surface area contributed by atoms with E-state index in [1.165, 1.54) is 0 Å². The van der Waals surface area contributed by atoms with Gasteiger partial charge in [0.1, 0.15) is 5.84 Å². The number of halogens is 1. The van der Waals surface area contributed by atoms with Crippen LogP contribution in [-0.2, 0) is 0 Å². The second-order valence-corrected chi connectivity index (χ2v) is 6.45. The number of rotatable bonds is 4. The lowest BCUT2D eigenvalue weighted by Crippen LogP contribution is -2.38. The van der Waals surface area contributed by atoms with E-state index in [0.717, 1.165) is 23.1 Å². The van der Waals surface area contributed by atoms with Crippen LogP contribution in [0.4, 0.5) is 5.69 Å². The second kappa shape index (κ2) is 6.11. The average molecular weight is 341 g/mol. The Morgan fingerprint density at radius 2 is 2.25 bits per heavy atom. The van der Waals surface area contributed by atoms with Crippen molar-refractivity contribution in [3.05, 3.63) is 28.2 Å². The summed E-state index contributed by atoms with van der Waals surface area (Å²) in [6.07, 6.45) is 0.411. The van der Waals surface area contributed by atoms with Crippen molar-refractivity contribution < 1.29 is 5.11 Å². The largest absolute Gasteiger partial charge is 0.391 e. The number of aliphatic hydroxyl groups excluding tert-OH is 1. The molecule has 0 aromatic heterocycles. The van der Waals surface area contributed by atoms with Gasteiger partial charge in [0.25, 0.3) is 0 Å². The molecule has 0 bridgehead atoms. The van der Waals surface area contributed by atoms with Crippen LogP contribution in [0.25, 0.3) is 0 Å². The summed E-state index contributed by atoms with van der Waals surface area (Å²) < 4.78 is 0.898. The molecular weight excluding hydrogens is 320 g/mol. The van der Waals surface area contributed by atoms with E-state index >= 15 is 0 Å². The van der Waals surface area contributed by atoms with Crippen LogP contribution in [0.3, 0.4) is 0 Å². The Morgan fingerprint density at radius 1 is 1.55 bits per heavy atom. The molecule has 1 aliphatic rings. The molecule has 0 aliphatic carbocycles. The van der Waals surface area contributed by atoms with Gasteiger partial charge in [-0.2, -0.15) is 0 Å². The molecule has 0 amide bonds. The van der Waals surface area contributed by atoms with Gasteiger partial charge >= 0.3 is 0 Å². The highest BCUT2D eigenvalue weighted by molar-refractivity contribution is 9.10. The molecule has 4 N–H and O–H groups in total. The number of nitrogen functional groups attached to an aromatic ring is 1. The van der Waals surface area contributed by atoms with Gasteiger partial charge in [-0.1, -0.05) is 15.9 Å². The van der Waals surface area contributed by atoms with Crippen LogP contribution < -0.4 is 10.6 Å². The molecule has 6 heteroatoms. The number of benzene rings is 1.